The molecule has 3 N–H and O–H groups in total. The molecule has 0 atom stereocenters. The molecule has 0 radical (unpaired) electrons. The van der Waals surface area contributed by atoms with Crippen molar-refractivity contribution in [2.24, 2.45) is 0 Å². The number of carbonyl (C=O) groups is 1. The normalized spacial score (nSPS) is 9.07. The Hall–Kier alpha value is -2.15. The molecule has 0 aliphatic rings. The number of carbonyl (C=O) groups excluding carboxylic acids is 1. The number of hydrogen-bond donors (Lipinski definition) is 3. The topological polar surface area (TPSA) is 69.6 Å². The van der Waals surface area contributed by atoms with Gasteiger partial charge in [-0.15, -0.1) is 6.42 Å². The van der Waals surface area contributed by atoms with Crippen molar-refractivity contribution in [1.82, 2.24) is 5.32 Å². The second-order valence-corrected chi connectivity index (χ2v) is 2.59. The fourth-order valence-electron chi connectivity index (χ4n) is 0.898. The van der Waals surface area contributed by atoms with E-state index in [1.54, 1.807) is 0 Å². The summed E-state index contributed by atoms with van der Waals surface area (Å²) in [4.78, 5) is 11.3. The summed E-state index contributed by atoms with van der Waals surface area (Å²) >= 11 is 0. The van der Waals surface area contributed by atoms with E-state index in [0.717, 1.165) is 0 Å². The molecule has 0 fully saturated rings. The summed E-state index contributed by atoms with van der Waals surface area (Å²) in [6, 6.07) is 3.79. The maximum atomic E-state index is 11.3. The highest BCUT2D eigenvalue weighted by molar-refractivity contribution is 5.94. The van der Waals surface area contributed by atoms with E-state index in [1.165, 1.54) is 18.2 Å². The summed E-state index contributed by atoms with van der Waals surface area (Å²) < 4.78 is 0. The molecule has 0 unspecified atom stereocenters. The van der Waals surface area contributed by atoms with Gasteiger partial charge in [0.1, 0.15) is 0 Å². The maximum absolute atomic E-state index is 11.3. The second kappa shape index (κ2) is 4.19. The molecule has 1 aromatic carbocycles. The molecule has 1 rings (SSSR count). The summed E-state index contributed by atoms with van der Waals surface area (Å²) in [5, 5.41) is 20.5. The molecule has 0 aliphatic heterocycles. The van der Waals surface area contributed by atoms with Crippen LogP contribution in [0.3, 0.4) is 0 Å². The number of amides is 1. The second-order valence-electron chi connectivity index (χ2n) is 2.59. The average molecular weight is 191 g/mol. The molecular weight excluding hydrogens is 182 g/mol. The quantitative estimate of drug-likeness (QED) is 0.470. The van der Waals surface area contributed by atoms with E-state index >= 15 is 0 Å². The van der Waals surface area contributed by atoms with E-state index in [-0.39, 0.29) is 23.6 Å². The van der Waals surface area contributed by atoms with Crippen LogP contribution >= 0.6 is 0 Å². The predicted octanol–water partition coefficient (Wildman–Crippen LogP) is 0.461. The Morgan fingerprint density at radius 2 is 2.14 bits per heavy atom. The van der Waals surface area contributed by atoms with Gasteiger partial charge in [0.15, 0.2) is 11.5 Å². The molecule has 4 nitrogen and oxygen atoms in total. The lowest BCUT2D eigenvalue weighted by Crippen LogP contribution is -2.23. The summed E-state index contributed by atoms with van der Waals surface area (Å²) in [6.45, 7) is 0.125. The van der Waals surface area contributed by atoms with E-state index in [2.05, 4.69) is 11.2 Å². The first-order valence-electron chi connectivity index (χ1n) is 3.89. The molecule has 1 amide bonds. The van der Waals surface area contributed by atoms with Crippen molar-refractivity contribution in [1.29, 1.82) is 0 Å². The molecule has 0 bridgehead atoms. The Morgan fingerprint density at radius 3 is 2.71 bits per heavy atom. The van der Waals surface area contributed by atoms with Crippen LogP contribution in [0.5, 0.6) is 11.5 Å². The lowest BCUT2D eigenvalue weighted by atomic mass is 10.2. The van der Waals surface area contributed by atoms with Crippen LogP contribution in [0, 0.1) is 12.3 Å². The number of phenolic OH excluding ortho intramolecular Hbond substituents is 2. The first kappa shape index (κ1) is 9.93. The highest BCUT2D eigenvalue weighted by Gasteiger charge is 2.07. The fourth-order valence-corrected chi connectivity index (χ4v) is 0.898. The van der Waals surface area contributed by atoms with E-state index in [1.807, 2.05) is 0 Å². The standard InChI is InChI=1S/C10H9NO3/c1-2-5-11-10(14)7-3-4-8(12)9(13)6-7/h1,3-4,6,12-13H,5H2,(H,11,14). The molecule has 14 heavy (non-hydrogen) atoms. The Balaban J connectivity index is 2.82. The van der Waals surface area contributed by atoms with Gasteiger partial charge in [-0.3, -0.25) is 4.79 Å². The molecule has 1 aromatic rings. The van der Waals surface area contributed by atoms with Crippen molar-refractivity contribution < 1.29 is 15.0 Å². The predicted molar refractivity (Wildman–Crippen MR) is 50.9 cm³/mol. The first-order valence-corrected chi connectivity index (χ1v) is 3.89. The average Bonchev–Trinajstić information content (AvgIpc) is 2.18. The maximum Gasteiger partial charge on any atom is 0.252 e. The zero-order valence-electron chi connectivity index (χ0n) is 7.32. The van der Waals surface area contributed by atoms with Gasteiger partial charge in [-0.25, -0.2) is 0 Å². The highest BCUT2D eigenvalue weighted by Crippen LogP contribution is 2.24. The molecular formula is C10H9NO3. The fraction of sp³-hybridized carbons (Fsp3) is 0.100. The van der Waals surface area contributed by atoms with Crippen molar-refractivity contribution in [3.05, 3.63) is 23.8 Å². The number of rotatable bonds is 2. The summed E-state index contributed by atoms with van der Waals surface area (Å²) in [7, 11) is 0. The molecule has 0 saturated heterocycles. The summed E-state index contributed by atoms with van der Waals surface area (Å²) in [5.74, 6) is 1.26. The Bertz CT molecular complexity index is 393. The van der Waals surface area contributed by atoms with Gasteiger partial charge in [-0.2, -0.15) is 0 Å². The van der Waals surface area contributed by atoms with E-state index in [0.29, 0.717) is 0 Å². The number of hydrogen-bond acceptors (Lipinski definition) is 3. The van der Waals surface area contributed by atoms with Crippen LogP contribution < -0.4 is 5.32 Å². The molecule has 0 heterocycles. The number of aromatic hydroxyl groups is 2. The minimum Gasteiger partial charge on any atom is -0.504 e. The van der Waals surface area contributed by atoms with Gasteiger partial charge in [0.25, 0.3) is 5.91 Å². The summed E-state index contributed by atoms with van der Waals surface area (Å²) in [6.07, 6.45) is 4.95. The highest BCUT2D eigenvalue weighted by atomic mass is 16.3. The Labute approximate surface area is 81.2 Å². The van der Waals surface area contributed by atoms with Gasteiger partial charge in [0.2, 0.25) is 0 Å². The Morgan fingerprint density at radius 1 is 1.43 bits per heavy atom. The zero-order chi connectivity index (χ0) is 10.6. The third kappa shape index (κ3) is 2.17. The van der Waals surface area contributed by atoms with Crippen molar-refractivity contribution in [3.8, 4) is 23.8 Å². The lowest BCUT2D eigenvalue weighted by molar-refractivity contribution is 0.0958. The van der Waals surface area contributed by atoms with Gasteiger partial charge in [-0.1, -0.05) is 5.92 Å². The third-order valence-electron chi connectivity index (χ3n) is 1.59. The SMILES string of the molecule is C#CCNC(=O)c1ccc(O)c(O)c1. The van der Waals surface area contributed by atoms with E-state index in [9.17, 15) is 4.79 Å². The van der Waals surface area contributed by atoms with E-state index < -0.39 is 5.91 Å². The van der Waals surface area contributed by atoms with E-state index in [4.69, 9.17) is 16.6 Å². The minimum absolute atomic E-state index is 0.125. The van der Waals surface area contributed by atoms with Gasteiger partial charge >= 0.3 is 0 Å². The molecule has 4 heteroatoms. The van der Waals surface area contributed by atoms with Crippen LogP contribution in [-0.2, 0) is 0 Å². The third-order valence-corrected chi connectivity index (χ3v) is 1.59. The number of nitrogens with one attached hydrogen (secondary N) is 1. The van der Waals surface area contributed by atoms with Crippen molar-refractivity contribution in [2.75, 3.05) is 6.54 Å². The molecule has 72 valence electrons. The number of phenols is 2. The lowest BCUT2D eigenvalue weighted by Gasteiger charge is -2.02. The molecule has 0 saturated carbocycles. The van der Waals surface area contributed by atoms with Gasteiger partial charge < -0.3 is 15.5 Å². The van der Waals surface area contributed by atoms with Gasteiger partial charge in [0.05, 0.1) is 6.54 Å². The zero-order valence-corrected chi connectivity index (χ0v) is 7.32. The van der Waals surface area contributed by atoms with Crippen LogP contribution in [0.4, 0.5) is 0 Å². The summed E-state index contributed by atoms with van der Waals surface area (Å²) in [5.41, 5.74) is 0.246. The van der Waals surface area contributed by atoms with Gasteiger partial charge in [0, 0.05) is 5.56 Å². The number of terminal acetylenes is 1. The van der Waals surface area contributed by atoms with Crippen LogP contribution in [0.2, 0.25) is 0 Å². The monoisotopic (exact) mass is 191 g/mol. The molecule has 0 spiro atoms. The smallest absolute Gasteiger partial charge is 0.252 e. The minimum atomic E-state index is -0.391. The van der Waals surface area contributed by atoms with Crippen LogP contribution in [0.1, 0.15) is 10.4 Å². The van der Waals surface area contributed by atoms with Crippen molar-refractivity contribution >= 4 is 5.91 Å². The van der Waals surface area contributed by atoms with Gasteiger partial charge in [-0.05, 0) is 18.2 Å². The Kier molecular flexibility index (Phi) is 2.97. The molecule has 0 aromatic heterocycles. The van der Waals surface area contributed by atoms with Crippen molar-refractivity contribution in [3.63, 3.8) is 0 Å². The largest absolute Gasteiger partial charge is 0.504 e. The van der Waals surface area contributed by atoms with Crippen molar-refractivity contribution in [2.45, 2.75) is 0 Å². The van der Waals surface area contributed by atoms with Crippen LogP contribution in [0.25, 0.3) is 0 Å². The van der Waals surface area contributed by atoms with Crippen LogP contribution in [-0.4, -0.2) is 22.7 Å². The molecule has 0 aliphatic carbocycles. The van der Waals surface area contributed by atoms with Crippen LogP contribution in [0.15, 0.2) is 18.2 Å². The first-order chi connectivity index (χ1) is 6.65. The number of benzene rings is 1.